The van der Waals surface area contributed by atoms with Crippen LogP contribution in [0.3, 0.4) is 0 Å². The highest BCUT2D eigenvalue weighted by molar-refractivity contribution is 5.72. The van der Waals surface area contributed by atoms with Crippen molar-refractivity contribution in [2.24, 2.45) is 0 Å². The van der Waals surface area contributed by atoms with Gasteiger partial charge in [0, 0.05) is 5.56 Å². The lowest BCUT2D eigenvalue weighted by molar-refractivity contribution is 0.171. The maximum Gasteiger partial charge on any atom is 0.161 e. The van der Waals surface area contributed by atoms with E-state index in [1.54, 1.807) is 0 Å². The fourth-order valence-electron chi connectivity index (χ4n) is 2.98. The summed E-state index contributed by atoms with van der Waals surface area (Å²) < 4.78 is 17.3. The molecule has 0 aromatic heterocycles. The molecule has 3 heteroatoms. The van der Waals surface area contributed by atoms with Crippen LogP contribution in [0.1, 0.15) is 11.1 Å². The van der Waals surface area contributed by atoms with Crippen LogP contribution in [-0.4, -0.2) is 13.2 Å². The molecule has 0 N–H and O–H groups in total. The van der Waals surface area contributed by atoms with E-state index in [-0.39, 0.29) is 0 Å². The van der Waals surface area contributed by atoms with Gasteiger partial charge in [-0.15, -0.1) is 0 Å². The van der Waals surface area contributed by atoms with Crippen LogP contribution in [0.25, 0.3) is 17.2 Å². The van der Waals surface area contributed by atoms with Gasteiger partial charge in [0.1, 0.15) is 25.6 Å². The lowest BCUT2D eigenvalue weighted by Gasteiger charge is -2.19. The summed E-state index contributed by atoms with van der Waals surface area (Å²) in [6.07, 6.45) is 1.82. The first kappa shape index (κ1) is 16.3. The number of rotatable bonds is 5. The van der Waals surface area contributed by atoms with Crippen molar-refractivity contribution in [3.8, 4) is 28.4 Å². The monoisotopic (exact) mass is 344 g/mol. The van der Waals surface area contributed by atoms with Crippen LogP contribution in [0, 0.1) is 0 Å². The van der Waals surface area contributed by atoms with Crippen LogP contribution in [0.2, 0.25) is 0 Å². The fourth-order valence-corrected chi connectivity index (χ4v) is 2.98. The van der Waals surface area contributed by atoms with Gasteiger partial charge in [-0.05, 0) is 41.0 Å². The van der Waals surface area contributed by atoms with Crippen molar-refractivity contribution >= 4 is 6.08 Å². The normalized spacial score (nSPS) is 12.5. The molecule has 130 valence electrons. The Labute approximate surface area is 153 Å². The minimum atomic E-state index is 0.533. The molecule has 0 amide bonds. The number of hydrogen-bond donors (Lipinski definition) is 0. The molecule has 1 heterocycles. The number of benzene rings is 3. The van der Waals surface area contributed by atoms with E-state index in [0.29, 0.717) is 19.8 Å². The Morgan fingerprint density at radius 3 is 2.38 bits per heavy atom. The van der Waals surface area contributed by atoms with E-state index < -0.39 is 0 Å². The molecule has 0 unspecified atom stereocenters. The third-order valence-electron chi connectivity index (χ3n) is 4.34. The van der Waals surface area contributed by atoms with Crippen LogP contribution in [-0.2, 0) is 6.61 Å². The first-order valence-corrected chi connectivity index (χ1v) is 8.67. The van der Waals surface area contributed by atoms with Gasteiger partial charge >= 0.3 is 0 Å². The molecule has 0 saturated heterocycles. The molecule has 4 rings (SSSR count). The van der Waals surface area contributed by atoms with E-state index in [1.165, 1.54) is 0 Å². The molecule has 3 aromatic carbocycles. The topological polar surface area (TPSA) is 27.7 Å². The first-order valence-electron chi connectivity index (χ1n) is 8.67. The number of ether oxygens (including phenoxy) is 3. The second-order valence-corrected chi connectivity index (χ2v) is 6.09. The van der Waals surface area contributed by atoms with Crippen molar-refractivity contribution < 1.29 is 14.2 Å². The van der Waals surface area contributed by atoms with E-state index in [1.807, 2.05) is 48.5 Å². The summed E-state index contributed by atoms with van der Waals surface area (Å²) in [5.41, 5.74) is 4.27. The van der Waals surface area contributed by atoms with E-state index in [2.05, 4.69) is 30.8 Å². The first-order chi connectivity index (χ1) is 12.8. The summed E-state index contributed by atoms with van der Waals surface area (Å²) in [7, 11) is 0. The predicted molar refractivity (Wildman–Crippen MR) is 104 cm³/mol. The Morgan fingerprint density at radius 1 is 0.846 bits per heavy atom. The minimum absolute atomic E-state index is 0.533. The zero-order chi connectivity index (χ0) is 17.8. The Bertz CT molecular complexity index is 916. The van der Waals surface area contributed by atoms with Gasteiger partial charge in [-0.2, -0.15) is 0 Å². The van der Waals surface area contributed by atoms with Crippen LogP contribution >= 0.6 is 0 Å². The van der Waals surface area contributed by atoms with Crippen molar-refractivity contribution in [2.75, 3.05) is 13.2 Å². The zero-order valence-corrected chi connectivity index (χ0v) is 14.5. The molecule has 1 aliphatic heterocycles. The van der Waals surface area contributed by atoms with E-state index in [0.717, 1.165) is 39.5 Å². The van der Waals surface area contributed by atoms with Gasteiger partial charge in [0.2, 0.25) is 0 Å². The molecule has 0 aliphatic carbocycles. The van der Waals surface area contributed by atoms with Gasteiger partial charge in [0.15, 0.2) is 11.5 Å². The van der Waals surface area contributed by atoms with Gasteiger partial charge in [-0.25, -0.2) is 0 Å². The van der Waals surface area contributed by atoms with Crippen LogP contribution in [0.5, 0.6) is 17.2 Å². The number of hydrogen-bond acceptors (Lipinski definition) is 3. The van der Waals surface area contributed by atoms with Crippen LogP contribution in [0.4, 0.5) is 0 Å². The van der Waals surface area contributed by atoms with Gasteiger partial charge in [0.05, 0.1) is 0 Å². The van der Waals surface area contributed by atoms with Gasteiger partial charge in [-0.3, -0.25) is 0 Å². The highest BCUT2D eigenvalue weighted by atomic mass is 16.6. The molecule has 3 nitrogen and oxygen atoms in total. The Kier molecular flexibility index (Phi) is 4.61. The molecule has 0 radical (unpaired) electrons. The molecule has 3 aromatic rings. The number of fused-ring (bicyclic) bond motifs is 1. The van der Waals surface area contributed by atoms with Crippen molar-refractivity contribution in [3.05, 3.63) is 84.4 Å². The van der Waals surface area contributed by atoms with Gasteiger partial charge in [-0.1, -0.05) is 55.1 Å². The third-order valence-corrected chi connectivity index (χ3v) is 4.34. The van der Waals surface area contributed by atoms with Crippen molar-refractivity contribution in [1.82, 2.24) is 0 Å². The molecule has 0 bridgehead atoms. The fraction of sp³-hybridized carbons (Fsp3) is 0.130. The zero-order valence-electron chi connectivity index (χ0n) is 14.5. The summed E-state index contributed by atoms with van der Waals surface area (Å²) >= 11 is 0. The molecule has 0 fully saturated rings. The average Bonchev–Trinajstić information content (AvgIpc) is 2.72. The third kappa shape index (κ3) is 3.42. The quantitative estimate of drug-likeness (QED) is 0.625. The summed E-state index contributed by atoms with van der Waals surface area (Å²) in [6.45, 7) is 5.64. The lowest BCUT2D eigenvalue weighted by atomic mass is 10.0. The standard InChI is InChI=1S/C23H20O3/c1-2-18-14-19(20-9-11-22-23(15-20)25-13-12-24-22)8-10-21(18)26-16-17-6-4-3-5-7-17/h2-11,14-15H,1,12-13,16H2. The Hall–Kier alpha value is -3.20. The molecular formula is C23H20O3. The lowest BCUT2D eigenvalue weighted by Crippen LogP contribution is -2.15. The van der Waals surface area contributed by atoms with Crippen molar-refractivity contribution in [2.45, 2.75) is 6.61 Å². The minimum Gasteiger partial charge on any atom is -0.488 e. The molecule has 1 aliphatic rings. The SMILES string of the molecule is C=Cc1cc(-c2ccc3c(c2)OCCO3)ccc1OCc1ccccc1. The van der Waals surface area contributed by atoms with Crippen molar-refractivity contribution in [3.63, 3.8) is 0 Å². The summed E-state index contributed by atoms with van der Waals surface area (Å²) in [5, 5.41) is 0. The van der Waals surface area contributed by atoms with Crippen LogP contribution < -0.4 is 14.2 Å². The van der Waals surface area contributed by atoms with E-state index in [4.69, 9.17) is 14.2 Å². The van der Waals surface area contributed by atoms with Gasteiger partial charge in [0.25, 0.3) is 0 Å². The van der Waals surface area contributed by atoms with E-state index in [9.17, 15) is 0 Å². The molecule has 0 saturated carbocycles. The maximum atomic E-state index is 5.98. The summed E-state index contributed by atoms with van der Waals surface area (Å²) in [4.78, 5) is 0. The van der Waals surface area contributed by atoms with Crippen LogP contribution in [0.15, 0.2) is 73.3 Å². The van der Waals surface area contributed by atoms with E-state index >= 15 is 0 Å². The maximum absolute atomic E-state index is 5.98. The largest absolute Gasteiger partial charge is 0.488 e. The molecule has 0 spiro atoms. The second-order valence-electron chi connectivity index (χ2n) is 6.09. The highest BCUT2D eigenvalue weighted by Crippen LogP contribution is 2.36. The summed E-state index contributed by atoms with van der Waals surface area (Å²) in [5.74, 6) is 2.41. The molecule has 0 atom stereocenters. The summed E-state index contributed by atoms with van der Waals surface area (Å²) in [6, 6.07) is 22.3. The predicted octanol–water partition coefficient (Wildman–Crippen LogP) is 5.35. The smallest absolute Gasteiger partial charge is 0.161 e. The Morgan fingerprint density at radius 2 is 1.58 bits per heavy atom. The van der Waals surface area contributed by atoms with Crippen molar-refractivity contribution in [1.29, 1.82) is 0 Å². The van der Waals surface area contributed by atoms with Gasteiger partial charge < -0.3 is 14.2 Å². The molecular weight excluding hydrogens is 324 g/mol. The highest BCUT2D eigenvalue weighted by Gasteiger charge is 2.13. The second kappa shape index (κ2) is 7.36. The molecule has 26 heavy (non-hydrogen) atoms. The Balaban J connectivity index is 1.58. The average molecular weight is 344 g/mol.